The van der Waals surface area contributed by atoms with E-state index in [0.29, 0.717) is 18.1 Å². The number of nitrogens with one attached hydrogen (secondary N) is 1. The Labute approximate surface area is 149 Å². The molecule has 1 fully saturated rings. The first kappa shape index (κ1) is 17.7. The Bertz CT molecular complexity index is 693. The second kappa shape index (κ2) is 8.32. The number of carbonyl (C=O) groups excluding carboxylic acids is 1. The van der Waals surface area contributed by atoms with Crippen molar-refractivity contribution < 1.29 is 13.9 Å². The molecule has 1 aromatic carbocycles. The lowest BCUT2D eigenvalue weighted by Gasteiger charge is -2.30. The van der Waals surface area contributed by atoms with Gasteiger partial charge in [-0.05, 0) is 55.1 Å². The maximum Gasteiger partial charge on any atom is 0.291 e. The lowest BCUT2D eigenvalue weighted by Crippen LogP contribution is -2.33. The van der Waals surface area contributed by atoms with Gasteiger partial charge in [-0.1, -0.05) is 19.1 Å². The summed E-state index contributed by atoms with van der Waals surface area (Å²) in [5, 5.41) is 2.86. The Morgan fingerprint density at radius 1 is 1.28 bits per heavy atom. The zero-order valence-corrected chi connectivity index (χ0v) is 15.0. The smallest absolute Gasteiger partial charge is 0.291 e. The van der Waals surface area contributed by atoms with Gasteiger partial charge in [-0.2, -0.15) is 0 Å². The van der Waals surface area contributed by atoms with E-state index in [1.165, 1.54) is 31.5 Å². The highest BCUT2D eigenvalue weighted by Crippen LogP contribution is 2.19. The number of ether oxygens (including phenoxy) is 1. The summed E-state index contributed by atoms with van der Waals surface area (Å²) in [7, 11) is 1.59. The fraction of sp³-hybridized carbons (Fsp3) is 0.450. The Balaban J connectivity index is 1.55. The number of piperidine rings is 1. The second-order valence-electron chi connectivity index (χ2n) is 6.83. The fourth-order valence-corrected chi connectivity index (χ4v) is 3.29. The number of amides is 1. The number of hydrogen-bond donors (Lipinski definition) is 1. The first-order valence-electron chi connectivity index (χ1n) is 8.84. The van der Waals surface area contributed by atoms with Crippen molar-refractivity contribution in [3.63, 3.8) is 0 Å². The first-order valence-corrected chi connectivity index (χ1v) is 8.84. The second-order valence-corrected chi connectivity index (χ2v) is 6.83. The van der Waals surface area contributed by atoms with Crippen LogP contribution in [0.1, 0.15) is 41.6 Å². The summed E-state index contributed by atoms with van der Waals surface area (Å²) in [6.07, 6.45) is 2.61. The van der Waals surface area contributed by atoms with Crippen LogP contribution in [0.2, 0.25) is 0 Å². The van der Waals surface area contributed by atoms with Gasteiger partial charge in [0.15, 0.2) is 5.76 Å². The average molecular weight is 342 g/mol. The molecule has 1 N–H and O–H groups in total. The maximum atomic E-state index is 12.2. The number of nitrogens with zero attached hydrogens (tertiary/aromatic N) is 1. The van der Waals surface area contributed by atoms with Crippen LogP contribution in [-0.4, -0.2) is 31.0 Å². The molecule has 1 saturated heterocycles. The molecule has 2 aromatic rings. The van der Waals surface area contributed by atoms with E-state index in [2.05, 4.69) is 29.3 Å². The van der Waals surface area contributed by atoms with Gasteiger partial charge in [0.25, 0.3) is 5.91 Å². The molecule has 1 atom stereocenters. The van der Waals surface area contributed by atoms with Crippen LogP contribution in [0.5, 0.6) is 0 Å². The Morgan fingerprint density at radius 3 is 2.80 bits per heavy atom. The summed E-state index contributed by atoms with van der Waals surface area (Å²) >= 11 is 0. The largest absolute Gasteiger partial charge is 0.453 e. The molecule has 3 rings (SSSR count). The number of hydrogen-bond acceptors (Lipinski definition) is 4. The highest BCUT2D eigenvalue weighted by atomic mass is 16.5. The summed E-state index contributed by atoms with van der Waals surface area (Å²) in [5.41, 5.74) is 2.04. The third-order valence-electron chi connectivity index (χ3n) is 4.53. The van der Waals surface area contributed by atoms with E-state index < -0.39 is 0 Å². The maximum absolute atomic E-state index is 12.2. The number of rotatable bonds is 6. The Kier molecular flexibility index (Phi) is 5.89. The van der Waals surface area contributed by atoms with Crippen LogP contribution < -0.4 is 5.32 Å². The van der Waals surface area contributed by atoms with Crippen LogP contribution in [-0.2, 0) is 17.9 Å². The third kappa shape index (κ3) is 4.94. The average Bonchev–Trinajstić information content (AvgIpc) is 3.06. The molecule has 0 bridgehead atoms. The van der Waals surface area contributed by atoms with Gasteiger partial charge < -0.3 is 14.5 Å². The molecule has 1 unspecified atom stereocenters. The predicted octanol–water partition coefficient (Wildman–Crippen LogP) is 3.91. The third-order valence-corrected chi connectivity index (χ3v) is 4.53. The topological polar surface area (TPSA) is 54.7 Å². The van der Waals surface area contributed by atoms with Crippen LogP contribution in [0.3, 0.4) is 0 Å². The van der Waals surface area contributed by atoms with Gasteiger partial charge in [0.05, 0.1) is 0 Å². The highest BCUT2D eigenvalue weighted by molar-refractivity contribution is 6.02. The lowest BCUT2D eigenvalue weighted by atomic mass is 10.00. The van der Waals surface area contributed by atoms with Crippen molar-refractivity contribution in [2.75, 3.05) is 25.5 Å². The Hall–Kier alpha value is -2.11. The van der Waals surface area contributed by atoms with Gasteiger partial charge in [0.2, 0.25) is 0 Å². The normalized spacial score (nSPS) is 18.2. The summed E-state index contributed by atoms with van der Waals surface area (Å²) in [5.74, 6) is 1.46. The quantitative estimate of drug-likeness (QED) is 0.865. The van der Waals surface area contributed by atoms with Gasteiger partial charge in [-0.3, -0.25) is 9.69 Å². The van der Waals surface area contributed by atoms with Crippen LogP contribution >= 0.6 is 0 Å². The minimum atomic E-state index is -0.250. The van der Waals surface area contributed by atoms with E-state index in [9.17, 15) is 4.79 Å². The van der Waals surface area contributed by atoms with Crippen molar-refractivity contribution in [2.24, 2.45) is 5.92 Å². The molecule has 5 heteroatoms. The predicted molar refractivity (Wildman–Crippen MR) is 97.5 cm³/mol. The molecular formula is C20H26N2O3. The molecule has 0 radical (unpaired) electrons. The molecule has 1 amide bonds. The van der Waals surface area contributed by atoms with Gasteiger partial charge in [-0.15, -0.1) is 0 Å². The molecule has 1 aromatic heterocycles. The molecule has 5 nitrogen and oxygen atoms in total. The molecule has 134 valence electrons. The number of likely N-dealkylation sites (tertiary alicyclic amines) is 1. The van der Waals surface area contributed by atoms with E-state index in [-0.39, 0.29) is 5.91 Å². The molecule has 25 heavy (non-hydrogen) atoms. The summed E-state index contributed by atoms with van der Waals surface area (Å²) < 4.78 is 10.4. The molecule has 2 heterocycles. The van der Waals surface area contributed by atoms with E-state index in [1.807, 2.05) is 12.1 Å². The van der Waals surface area contributed by atoms with Gasteiger partial charge in [0.1, 0.15) is 12.4 Å². The van der Waals surface area contributed by atoms with Crippen molar-refractivity contribution in [2.45, 2.75) is 32.9 Å². The van der Waals surface area contributed by atoms with Crippen LogP contribution in [0, 0.1) is 5.92 Å². The molecule has 0 spiro atoms. The highest BCUT2D eigenvalue weighted by Gasteiger charge is 2.16. The van der Waals surface area contributed by atoms with Crippen molar-refractivity contribution in [1.29, 1.82) is 0 Å². The van der Waals surface area contributed by atoms with Crippen molar-refractivity contribution in [3.8, 4) is 0 Å². The van der Waals surface area contributed by atoms with Crippen LogP contribution in [0.25, 0.3) is 0 Å². The van der Waals surface area contributed by atoms with Gasteiger partial charge >= 0.3 is 0 Å². The number of anilines is 1. The zero-order chi connectivity index (χ0) is 17.6. The molecular weight excluding hydrogens is 316 g/mol. The van der Waals surface area contributed by atoms with Crippen molar-refractivity contribution >= 4 is 11.6 Å². The molecule has 0 saturated carbocycles. The van der Waals surface area contributed by atoms with Crippen LogP contribution in [0.15, 0.2) is 40.8 Å². The summed E-state index contributed by atoms with van der Waals surface area (Å²) in [4.78, 5) is 14.7. The number of furan rings is 1. The number of benzene rings is 1. The van der Waals surface area contributed by atoms with Crippen molar-refractivity contribution in [3.05, 3.63) is 53.5 Å². The zero-order valence-electron chi connectivity index (χ0n) is 15.0. The fourth-order valence-electron chi connectivity index (χ4n) is 3.29. The van der Waals surface area contributed by atoms with E-state index >= 15 is 0 Å². The SMILES string of the molecule is COCc1ccc(C(=O)Nc2ccc(CN3CCCC(C)C3)cc2)o1. The van der Waals surface area contributed by atoms with E-state index in [4.69, 9.17) is 9.15 Å². The molecule has 0 aliphatic carbocycles. The Morgan fingerprint density at radius 2 is 2.08 bits per heavy atom. The standard InChI is InChI=1S/C20H26N2O3/c1-15-4-3-11-22(12-15)13-16-5-7-17(8-6-16)21-20(23)19-10-9-18(25-19)14-24-2/h5-10,15H,3-4,11-14H2,1-2H3,(H,21,23). The molecule has 1 aliphatic heterocycles. The van der Waals surface area contributed by atoms with E-state index in [1.54, 1.807) is 19.2 Å². The minimum Gasteiger partial charge on any atom is -0.453 e. The lowest BCUT2D eigenvalue weighted by molar-refractivity contribution is 0.0987. The van der Waals surface area contributed by atoms with Crippen molar-refractivity contribution in [1.82, 2.24) is 4.90 Å². The van der Waals surface area contributed by atoms with E-state index in [0.717, 1.165) is 18.2 Å². The minimum absolute atomic E-state index is 0.250. The monoisotopic (exact) mass is 342 g/mol. The van der Waals surface area contributed by atoms with Crippen LogP contribution in [0.4, 0.5) is 5.69 Å². The number of carbonyl (C=O) groups is 1. The van der Waals surface area contributed by atoms with Gasteiger partial charge in [0, 0.05) is 25.9 Å². The molecule has 1 aliphatic rings. The van der Waals surface area contributed by atoms with Gasteiger partial charge in [-0.25, -0.2) is 0 Å². The number of methoxy groups -OCH3 is 1. The summed E-state index contributed by atoms with van der Waals surface area (Å²) in [6, 6.07) is 11.5. The first-order chi connectivity index (χ1) is 12.1. The summed E-state index contributed by atoms with van der Waals surface area (Å²) in [6.45, 7) is 5.98.